The third-order valence-corrected chi connectivity index (χ3v) is 7.22. The zero-order valence-electron chi connectivity index (χ0n) is 18.0. The highest BCUT2D eigenvalue weighted by Gasteiger charge is 2.31. The number of ether oxygens (including phenoxy) is 2. The van der Waals surface area contributed by atoms with Gasteiger partial charge in [-0.1, -0.05) is 30.3 Å². The molecule has 0 saturated carbocycles. The van der Waals surface area contributed by atoms with Crippen LogP contribution in [0.3, 0.4) is 0 Å². The molecule has 0 radical (unpaired) electrons. The monoisotopic (exact) mass is 443 g/mol. The summed E-state index contributed by atoms with van der Waals surface area (Å²) in [6.07, 6.45) is 1.70. The number of para-hydroxylation sites is 1. The Balaban J connectivity index is 1.63. The molecule has 3 aromatic rings. The molecule has 2 heterocycles. The fourth-order valence-electron chi connectivity index (χ4n) is 4.23. The number of fused-ring (bicyclic) bond motifs is 1. The van der Waals surface area contributed by atoms with Crippen molar-refractivity contribution in [3.63, 3.8) is 0 Å². The molecule has 0 aliphatic carbocycles. The van der Waals surface area contributed by atoms with E-state index in [-0.39, 0.29) is 24.7 Å². The van der Waals surface area contributed by atoms with Crippen molar-refractivity contribution < 1.29 is 17.9 Å². The van der Waals surface area contributed by atoms with Crippen LogP contribution in [0.5, 0.6) is 5.75 Å². The second-order valence-electron chi connectivity index (χ2n) is 8.04. The van der Waals surface area contributed by atoms with Crippen molar-refractivity contribution in [3.8, 4) is 5.75 Å². The molecule has 8 heteroatoms. The second-order valence-corrected chi connectivity index (χ2v) is 9.80. The van der Waals surface area contributed by atoms with Gasteiger partial charge in [0.1, 0.15) is 5.75 Å². The summed E-state index contributed by atoms with van der Waals surface area (Å²) in [6, 6.07) is 15.8. The molecule has 0 unspecified atom stereocenters. The first-order chi connectivity index (χ1) is 14.9. The third kappa shape index (κ3) is 4.77. The third-order valence-electron chi connectivity index (χ3n) is 5.71. The Hall–Kier alpha value is -2.39. The van der Waals surface area contributed by atoms with Crippen LogP contribution in [0.4, 0.5) is 0 Å². The van der Waals surface area contributed by atoms with Crippen LogP contribution in [-0.4, -0.2) is 56.7 Å². The fraction of sp³-hybridized carbons (Fsp3) is 0.391. The molecule has 0 bridgehead atoms. The number of hydrogen-bond donors (Lipinski definition) is 2. The van der Waals surface area contributed by atoms with E-state index in [1.54, 1.807) is 7.11 Å². The largest absolute Gasteiger partial charge is 0.497 e. The molecular weight excluding hydrogens is 414 g/mol. The van der Waals surface area contributed by atoms with Crippen LogP contribution < -0.4 is 9.46 Å². The number of morpholine rings is 1. The first kappa shape index (κ1) is 21.8. The van der Waals surface area contributed by atoms with Gasteiger partial charge in [0, 0.05) is 42.7 Å². The molecule has 1 aromatic heterocycles. The van der Waals surface area contributed by atoms with E-state index in [1.165, 1.54) is 4.31 Å². The first-order valence-electron chi connectivity index (χ1n) is 10.5. The van der Waals surface area contributed by atoms with Crippen LogP contribution in [0, 0.1) is 0 Å². The number of H-pyrrole nitrogens is 1. The SMILES string of the molecule is COc1ccc([C@H](CNS(=O)(=O)N2C[C@H](C)O[C@@H](C)C2)c2c[nH]c3ccccc23)cc1. The van der Waals surface area contributed by atoms with E-state index >= 15 is 0 Å². The normalized spacial score (nSPS) is 21.3. The average Bonchev–Trinajstić information content (AvgIpc) is 3.18. The molecule has 1 aliphatic heterocycles. The number of aromatic nitrogens is 1. The lowest BCUT2D eigenvalue weighted by molar-refractivity contribution is -0.0443. The summed E-state index contributed by atoms with van der Waals surface area (Å²) < 4.78 is 41.5. The summed E-state index contributed by atoms with van der Waals surface area (Å²) in [7, 11) is -2.01. The van der Waals surface area contributed by atoms with E-state index in [4.69, 9.17) is 9.47 Å². The average molecular weight is 444 g/mol. The van der Waals surface area contributed by atoms with E-state index < -0.39 is 10.2 Å². The van der Waals surface area contributed by atoms with Gasteiger partial charge in [0.25, 0.3) is 10.2 Å². The molecule has 3 atom stereocenters. The molecule has 31 heavy (non-hydrogen) atoms. The number of rotatable bonds is 7. The predicted molar refractivity (Wildman–Crippen MR) is 122 cm³/mol. The molecule has 1 aliphatic rings. The number of hydrogen-bond acceptors (Lipinski definition) is 4. The maximum atomic E-state index is 13.1. The van der Waals surface area contributed by atoms with Gasteiger partial charge in [0.05, 0.1) is 19.3 Å². The summed E-state index contributed by atoms with van der Waals surface area (Å²) in [5.41, 5.74) is 3.08. The Morgan fingerprint density at radius 3 is 2.48 bits per heavy atom. The van der Waals surface area contributed by atoms with Gasteiger partial charge in [-0.2, -0.15) is 12.7 Å². The number of aromatic amines is 1. The van der Waals surface area contributed by atoms with E-state index in [9.17, 15) is 8.42 Å². The van der Waals surface area contributed by atoms with Gasteiger partial charge in [-0.25, -0.2) is 4.72 Å². The molecule has 0 spiro atoms. The minimum Gasteiger partial charge on any atom is -0.497 e. The Bertz CT molecular complexity index is 1120. The van der Waals surface area contributed by atoms with Crippen LogP contribution in [0.2, 0.25) is 0 Å². The van der Waals surface area contributed by atoms with Crippen LogP contribution in [-0.2, 0) is 14.9 Å². The summed E-state index contributed by atoms with van der Waals surface area (Å²) in [6.45, 7) is 4.73. The minimum absolute atomic E-state index is 0.133. The van der Waals surface area contributed by atoms with Crippen molar-refractivity contribution in [2.75, 3.05) is 26.7 Å². The van der Waals surface area contributed by atoms with Gasteiger partial charge in [0.15, 0.2) is 0 Å². The lowest BCUT2D eigenvalue weighted by atomic mass is 9.91. The van der Waals surface area contributed by atoms with Crippen LogP contribution >= 0.6 is 0 Å². The number of nitrogens with zero attached hydrogens (tertiary/aromatic N) is 1. The molecular formula is C23H29N3O4S. The Labute approximate surface area is 183 Å². The Morgan fingerprint density at radius 1 is 1.13 bits per heavy atom. The van der Waals surface area contributed by atoms with Gasteiger partial charge in [-0.15, -0.1) is 0 Å². The number of benzene rings is 2. The van der Waals surface area contributed by atoms with Gasteiger partial charge in [-0.3, -0.25) is 0 Å². The zero-order chi connectivity index (χ0) is 22.0. The molecule has 2 aromatic carbocycles. The second kappa shape index (κ2) is 9.00. The fourth-order valence-corrected chi connectivity index (χ4v) is 5.60. The van der Waals surface area contributed by atoms with Gasteiger partial charge >= 0.3 is 0 Å². The van der Waals surface area contributed by atoms with Crippen molar-refractivity contribution in [2.45, 2.75) is 32.0 Å². The highest BCUT2D eigenvalue weighted by atomic mass is 32.2. The lowest BCUT2D eigenvalue weighted by Crippen LogP contribution is -2.52. The Morgan fingerprint density at radius 2 is 1.81 bits per heavy atom. The summed E-state index contributed by atoms with van der Waals surface area (Å²) >= 11 is 0. The lowest BCUT2D eigenvalue weighted by Gasteiger charge is -2.34. The van der Waals surface area contributed by atoms with Gasteiger partial charge in [0.2, 0.25) is 0 Å². The summed E-state index contributed by atoms with van der Waals surface area (Å²) in [5, 5.41) is 1.08. The summed E-state index contributed by atoms with van der Waals surface area (Å²) in [4.78, 5) is 3.30. The molecule has 166 valence electrons. The van der Waals surface area contributed by atoms with E-state index in [1.807, 2.05) is 62.5 Å². The molecule has 2 N–H and O–H groups in total. The summed E-state index contributed by atoms with van der Waals surface area (Å²) in [5.74, 6) is 0.603. The minimum atomic E-state index is -3.64. The maximum Gasteiger partial charge on any atom is 0.279 e. The van der Waals surface area contributed by atoms with Gasteiger partial charge in [-0.05, 0) is 43.2 Å². The van der Waals surface area contributed by atoms with Crippen LogP contribution in [0.25, 0.3) is 10.9 Å². The molecule has 1 fully saturated rings. The predicted octanol–water partition coefficient (Wildman–Crippen LogP) is 3.25. The topological polar surface area (TPSA) is 83.7 Å². The standard InChI is InChI=1S/C23H29N3O4S/c1-16-14-26(15-17(2)30-16)31(27,28)25-13-21(18-8-10-19(29-3)11-9-18)22-12-24-23-7-5-4-6-20(22)23/h4-12,16-17,21,24-25H,13-15H2,1-3H3/t16-,17-,21-/m0/s1. The van der Waals surface area contributed by atoms with Crippen molar-refractivity contribution in [1.82, 2.24) is 14.0 Å². The quantitative estimate of drug-likeness (QED) is 0.587. The molecule has 1 saturated heterocycles. The number of nitrogens with one attached hydrogen (secondary N) is 2. The van der Waals surface area contributed by atoms with E-state index in [2.05, 4.69) is 15.8 Å². The van der Waals surface area contributed by atoms with Crippen molar-refractivity contribution in [2.24, 2.45) is 0 Å². The first-order valence-corrected chi connectivity index (χ1v) is 11.9. The van der Waals surface area contributed by atoms with Crippen molar-refractivity contribution in [3.05, 3.63) is 65.9 Å². The highest BCUT2D eigenvalue weighted by Crippen LogP contribution is 2.31. The van der Waals surface area contributed by atoms with Crippen LogP contribution in [0.15, 0.2) is 54.7 Å². The van der Waals surface area contributed by atoms with Crippen molar-refractivity contribution in [1.29, 1.82) is 0 Å². The molecule has 4 rings (SSSR count). The zero-order valence-corrected chi connectivity index (χ0v) is 18.9. The van der Waals surface area contributed by atoms with Crippen LogP contribution in [0.1, 0.15) is 30.9 Å². The van der Waals surface area contributed by atoms with E-state index in [0.29, 0.717) is 13.1 Å². The van der Waals surface area contributed by atoms with Crippen molar-refractivity contribution >= 4 is 21.1 Å². The smallest absolute Gasteiger partial charge is 0.279 e. The molecule has 0 amide bonds. The Kier molecular flexibility index (Phi) is 6.34. The van der Waals surface area contributed by atoms with E-state index in [0.717, 1.165) is 27.8 Å². The maximum absolute atomic E-state index is 13.1. The number of methoxy groups -OCH3 is 1. The van der Waals surface area contributed by atoms with Gasteiger partial charge < -0.3 is 14.5 Å². The highest BCUT2D eigenvalue weighted by molar-refractivity contribution is 7.87. The molecule has 7 nitrogen and oxygen atoms in total.